The fourth-order valence-corrected chi connectivity index (χ4v) is 3.65. The zero-order valence-electron chi connectivity index (χ0n) is 12.7. The summed E-state index contributed by atoms with van der Waals surface area (Å²) < 4.78 is 17.7. The standard InChI is InChI=1S/C15H22N2O3S/c1-15(2,3)20-14(18)17-8-6-13(10-17)21(19)11-12-5-4-7-16-9-12/h4-5,7,9,13H,6,8,10-11H2,1-3H3/t13-,21?/m0/s1. The predicted molar refractivity (Wildman–Crippen MR) is 82.3 cm³/mol. The van der Waals surface area contributed by atoms with Crippen LogP contribution in [0.3, 0.4) is 0 Å². The SMILES string of the molecule is CC(C)(C)OC(=O)N1CC[C@H](S(=O)Cc2cccnc2)C1. The molecule has 2 atom stereocenters. The number of rotatable bonds is 3. The Bertz CT molecular complexity index is 513. The number of carbonyl (C=O) groups is 1. The molecule has 116 valence electrons. The van der Waals surface area contributed by atoms with Gasteiger partial charge in [0.2, 0.25) is 0 Å². The molecule has 0 saturated carbocycles. The molecule has 1 aromatic heterocycles. The van der Waals surface area contributed by atoms with E-state index in [1.54, 1.807) is 17.3 Å². The number of likely N-dealkylation sites (tertiary alicyclic amines) is 1. The lowest BCUT2D eigenvalue weighted by Crippen LogP contribution is -2.36. The van der Waals surface area contributed by atoms with E-state index >= 15 is 0 Å². The third-order valence-corrected chi connectivity index (χ3v) is 4.95. The molecule has 1 aliphatic heterocycles. The van der Waals surface area contributed by atoms with Gasteiger partial charge in [0.1, 0.15) is 5.60 Å². The first kappa shape index (κ1) is 15.9. The van der Waals surface area contributed by atoms with Crippen molar-refractivity contribution in [2.24, 2.45) is 0 Å². The van der Waals surface area contributed by atoms with Crippen LogP contribution in [0.1, 0.15) is 32.8 Å². The van der Waals surface area contributed by atoms with Gasteiger partial charge in [-0.05, 0) is 38.8 Å². The van der Waals surface area contributed by atoms with E-state index in [4.69, 9.17) is 4.74 Å². The van der Waals surface area contributed by atoms with Crippen molar-refractivity contribution in [3.8, 4) is 0 Å². The maximum Gasteiger partial charge on any atom is 0.410 e. The Morgan fingerprint density at radius 3 is 2.90 bits per heavy atom. The molecule has 0 bridgehead atoms. The summed E-state index contributed by atoms with van der Waals surface area (Å²) in [6, 6.07) is 3.76. The van der Waals surface area contributed by atoms with Gasteiger partial charge in [0.05, 0.1) is 11.0 Å². The van der Waals surface area contributed by atoms with Gasteiger partial charge >= 0.3 is 6.09 Å². The van der Waals surface area contributed by atoms with E-state index in [1.807, 2.05) is 32.9 Å². The van der Waals surface area contributed by atoms with Crippen LogP contribution in [0, 0.1) is 0 Å². The minimum atomic E-state index is -0.996. The lowest BCUT2D eigenvalue weighted by Gasteiger charge is -2.24. The monoisotopic (exact) mass is 310 g/mol. The van der Waals surface area contributed by atoms with Gasteiger partial charge in [-0.1, -0.05) is 6.07 Å². The van der Waals surface area contributed by atoms with Gasteiger partial charge in [-0.2, -0.15) is 0 Å². The smallest absolute Gasteiger partial charge is 0.410 e. The van der Waals surface area contributed by atoms with Crippen molar-refractivity contribution in [2.75, 3.05) is 13.1 Å². The van der Waals surface area contributed by atoms with Gasteiger partial charge in [0, 0.05) is 36.3 Å². The molecule has 0 aliphatic carbocycles. The molecule has 1 aliphatic rings. The number of nitrogens with zero attached hydrogens (tertiary/aromatic N) is 2. The summed E-state index contributed by atoms with van der Waals surface area (Å²) in [5, 5.41) is 0.0118. The van der Waals surface area contributed by atoms with Crippen molar-refractivity contribution in [2.45, 2.75) is 43.8 Å². The molecule has 2 rings (SSSR count). The molecule has 1 amide bonds. The molecular formula is C15H22N2O3S. The molecule has 1 fully saturated rings. The Hall–Kier alpha value is -1.43. The number of amides is 1. The molecule has 2 heterocycles. The molecule has 0 spiro atoms. The lowest BCUT2D eigenvalue weighted by molar-refractivity contribution is 0.0295. The quantitative estimate of drug-likeness (QED) is 0.860. The minimum Gasteiger partial charge on any atom is -0.444 e. The average Bonchev–Trinajstić information content (AvgIpc) is 2.87. The minimum absolute atomic E-state index is 0.0118. The summed E-state index contributed by atoms with van der Waals surface area (Å²) in [5.74, 6) is 0.487. The van der Waals surface area contributed by atoms with E-state index in [0.717, 1.165) is 12.0 Å². The van der Waals surface area contributed by atoms with Gasteiger partial charge < -0.3 is 9.64 Å². The highest BCUT2D eigenvalue weighted by molar-refractivity contribution is 7.84. The number of hydrogen-bond acceptors (Lipinski definition) is 4. The van der Waals surface area contributed by atoms with E-state index in [2.05, 4.69) is 4.98 Å². The van der Waals surface area contributed by atoms with Gasteiger partial charge in [-0.15, -0.1) is 0 Å². The van der Waals surface area contributed by atoms with Crippen LogP contribution < -0.4 is 0 Å². The fraction of sp³-hybridized carbons (Fsp3) is 0.600. The summed E-state index contributed by atoms with van der Waals surface area (Å²) >= 11 is 0. The van der Waals surface area contributed by atoms with Crippen LogP contribution in [0.25, 0.3) is 0 Å². The van der Waals surface area contributed by atoms with Gasteiger partial charge in [0.15, 0.2) is 0 Å². The van der Waals surface area contributed by atoms with Crippen LogP contribution in [0.4, 0.5) is 4.79 Å². The number of carbonyl (C=O) groups excluding carboxylic acids is 1. The predicted octanol–water partition coefficient (Wildman–Crippen LogP) is 2.34. The van der Waals surface area contributed by atoms with E-state index in [0.29, 0.717) is 18.8 Å². The van der Waals surface area contributed by atoms with E-state index in [-0.39, 0.29) is 11.3 Å². The third kappa shape index (κ3) is 4.81. The third-order valence-electron chi connectivity index (χ3n) is 3.20. The van der Waals surface area contributed by atoms with Gasteiger partial charge in [0.25, 0.3) is 0 Å². The van der Waals surface area contributed by atoms with Crippen molar-refractivity contribution < 1.29 is 13.7 Å². The van der Waals surface area contributed by atoms with E-state index in [1.165, 1.54) is 0 Å². The largest absolute Gasteiger partial charge is 0.444 e. The van der Waals surface area contributed by atoms with Crippen molar-refractivity contribution in [3.05, 3.63) is 30.1 Å². The number of hydrogen-bond donors (Lipinski definition) is 0. The van der Waals surface area contributed by atoms with Crippen LogP contribution in [0.15, 0.2) is 24.5 Å². The van der Waals surface area contributed by atoms with Gasteiger partial charge in [-0.3, -0.25) is 9.19 Å². The van der Waals surface area contributed by atoms with Crippen LogP contribution in [-0.2, 0) is 21.3 Å². The number of ether oxygens (including phenoxy) is 1. The van der Waals surface area contributed by atoms with Gasteiger partial charge in [-0.25, -0.2) is 4.79 Å². The molecule has 0 N–H and O–H groups in total. The van der Waals surface area contributed by atoms with E-state index < -0.39 is 16.4 Å². The van der Waals surface area contributed by atoms with Crippen LogP contribution in [0.2, 0.25) is 0 Å². The summed E-state index contributed by atoms with van der Waals surface area (Å²) in [6.45, 7) is 6.65. The van der Waals surface area contributed by atoms with Crippen molar-refractivity contribution >= 4 is 16.9 Å². The highest BCUT2D eigenvalue weighted by Gasteiger charge is 2.32. The Balaban J connectivity index is 1.87. The topological polar surface area (TPSA) is 59.5 Å². The van der Waals surface area contributed by atoms with Crippen LogP contribution >= 0.6 is 0 Å². The Morgan fingerprint density at radius 1 is 1.52 bits per heavy atom. The molecule has 1 aromatic rings. The second-order valence-electron chi connectivity index (χ2n) is 6.22. The second-order valence-corrected chi connectivity index (χ2v) is 7.94. The van der Waals surface area contributed by atoms with Crippen molar-refractivity contribution in [1.82, 2.24) is 9.88 Å². The van der Waals surface area contributed by atoms with E-state index in [9.17, 15) is 9.00 Å². The Morgan fingerprint density at radius 2 is 2.29 bits per heavy atom. The lowest BCUT2D eigenvalue weighted by atomic mass is 10.2. The summed E-state index contributed by atoms with van der Waals surface area (Å²) in [5.41, 5.74) is 0.468. The van der Waals surface area contributed by atoms with Crippen LogP contribution in [-0.4, -0.2) is 44.1 Å². The summed E-state index contributed by atoms with van der Waals surface area (Å²) in [4.78, 5) is 17.7. The molecular weight excluding hydrogens is 288 g/mol. The first-order chi connectivity index (χ1) is 9.85. The van der Waals surface area contributed by atoms with Crippen molar-refractivity contribution in [3.63, 3.8) is 0 Å². The first-order valence-corrected chi connectivity index (χ1v) is 8.47. The second kappa shape index (κ2) is 6.56. The zero-order valence-corrected chi connectivity index (χ0v) is 13.6. The number of pyridine rings is 1. The highest BCUT2D eigenvalue weighted by Crippen LogP contribution is 2.20. The molecule has 21 heavy (non-hydrogen) atoms. The molecule has 0 radical (unpaired) electrons. The first-order valence-electron chi connectivity index (χ1n) is 7.09. The molecule has 0 aromatic carbocycles. The fourth-order valence-electron chi connectivity index (χ4n) is 2.20. The summed E-state index contributed by atoms with van der Waals surface area (Å²) in [7, 11) is -0.996. The maximum atomic E-state index is 12.4. The average molecular weight is 310 g/mol. The Labute approximate surface area is 128 Å². The maximum absolute atomic E-state index is 12.4. The normalized spacial score (nSPS) is 20.3. The number of aromatic nitrogens is 1. The molecule has 1 saturated heterocycles. The Kier molecular flexibility index (Phi) is 4.98. The summed E-state index contributed by atoms with van der Waals surface area (Å²) in [6.07, 6.45) is 3.87. The highest BCUT2D eigenvalue weighted by atomic mass is 32.2. The van der Waals surface area contributed by atoms with Crippen molar-refractivity contribution in [1.29, 1.82) is 0 Å². The molecule has 6 heteroatoms. The van der Waals surface area contributed by atoms with Crippen LogP contribution in [0.5, 0.6) is 0 Å². The molecule has 1 unspecified atom stereocenters. The molecule has 5 nitrogen and oxygen atoms in total. The zero-order chi connectivity index (χ0) is 15.5.